The number of pyridine rings is 1. The van der Waals surface area contributed by atoms with Crippen LogP contribution in [0.3, 0.4) is 0 Å². The zero-order valence-corrected chi connectivity index (χ0v) is 14.9. The molecule has 3 rings (SSSR count). The maximum absolute atomic E-state index is 12.6. The van der Waals surface area contributed by atoms with Crippen molar-refractivity contribution in [3.63, 3.8) is 0 Å². The molecule has 0 aliphatic heterocycles. The fourth-order valence-corrected chi connectivity index (χ4v) is 3.32. The highest BCUT2D eigenvalue weighted by molar-refractivity contribution is 7.89. The van der Waals surface area contributed by atoms with Crippen LogP contribution in [0.4, 0.5) is 0 Å². The first-order chi connectivity index (χ1) is 12.5. The summed E-state index contributed by atoms with van der Waals surface area (Å²) in [5.41, 5.74) is 0.642. The molecule has 0 fully saturated rings. The summed E-state index contributed by atoms with van der Waals surface area (Å²) in [6.07, 6.45) is 3.19. The lowest BCUT2D eigenvalue weighted by atomic mass is 10.3. The molecule has 0 bridgehead atoms. The minimum Gasteiger partial charge on any atom is -0.497 e. The number of nitrogens with one attached hydrogen (secondary N) is 1. The van der Waals surface area contributed by atoms with Gasteiger partial charge in [0.25, 0.3) is 0 Å². The second-order valence-electron chi connectivity index (χ2n) is 5.08. The van der Waals surface area contributed by atoms with Gasteiger partial charge in [0.2, 0.25) is 21.8 Å². The molecule has 0 amide bonds. The van der Waals surface area contributed by atoms with Crippen LogP contribution in [0.1, 0.15) is 5.89 Å². The molecule has 1 aromatic carbocycles. The SMILES string of the molecule is COc1ccc(OC)c(S(=O)(=O)NCc2nnc(-c3cccnc3)o2)c1. The minimum atomic E-state index is -3.88. The van der Waals surface area contributed by atoms with Gasteiger partial charge in [0.05, 0.1) is 26.3 Å². The van der Waals surface area contributed by atoms with Crippen molar-refractivity contribution < 1.29 is 22.3 Å². The van der Waals surface area contributed by atoms with Crippen LogP contribution >= 0.6 is 0 Å². The summed E-state index contributed by atoms with van der Waals surface area (Å²) in [6, 6.07) is 7.99. The summed E-state index contributed by atoms with van der Waals surface area (Å²) in [5, 5.41) is 7.72. The van der Waals surface area contributed by atoms with E-state index in [1.165, 1.54) is 26.4 Å². The van der Waals surface area contributed by atoms with Crippen molar-refractivity contribution in [2.24, 2.45) is 0 Å². The maximum Gasteiger partial charge on any atom is 0.249 e. The monoisotopic (exact) mass is 376 g/mol. The Morgan fingerprint density at radius 3 is 2.69 bits per heavy atom. The van der Waals surface area contributed by atoms with Crippen LogP contribution in [-0.4, -0.2) is 37.8 Å². The van der Waals surface area contributed by atoms with Crippen molar-refractivity contribution in [2.45, 2.75) is 11.4 Å². The zero-order valence-electron chi connectivity index (χ0n) is 14.0. The lowest BCUT2D eigenvalue weighted by Crippen LogP contribution is -2.24. The third-order valence-corrected chi connectivity index (χ3v) is 4.87. The summed E-state index contributed by atoms with van der Waals surface area (Å²) in [4.78, 5) is 3.92. The van der Waals surface area contributed by atoms with E-state index in [4.69, 9.17) is 13.9 Å². The molecule has 0 radical (unpaired) electrons. The molecule has 9 nitrogen and oxygen atoms in total. The highest BCUT2D eigenvalue weighted by Crippen LogP contribution is 2.28. The molecule has 0 saturated carbocycles. The van der Waals surface area contributed by atoms with Crippen LogP contribution in [-0.2, 0) is 16.6 Å². The molecule has 0 atom stereocenters. The van der Waals surface area contributed by atoms with E-state index in [1.54, 1.807) is 30.6 Å². The Morgan fingerprint density at radius 2 is 2.00 bits per heavy atom. The predicted octanol–water partition coefficient (Wildman–Crippen LogP) is 1.63. The fourth-order valence-electron chi connectivity index (χ4n) is 2.16. The second-order valence-corrected chi connectivity index (χ2v) is 6.82. The van der Waals surface area contributed by atoms with Gasteiger partial charge < -0.3 is 13.9 Å². The van der Waals surface area contributed by atoms with Crippen molar-refractivity contribution in [3.05, 3.63) is 48.6 Å². The number of ether oxygens (including phenoxy) is 2. The average molecular weight is 376 g/mol. The lowest BCUT2D eigenvalue weighted by molar-refractivity contribution is 0.391. The van der Waals surface area contributed by atoms with Gasteiger partial charge in [0, 0.05) is 18.5 Å². The first-order valence-electron chi connectivity index (χ1n) is 7.48. The molecule has 0 aliphatic carbocycles. The topological polar surface area (TPSA) is 116 Å². The Bertz CT molecular complexity index is 989. The largest absolute Gasteiger partial charge is 0.497 e. The summed E-state index contributed by atoms with van der Waals surface area (Å²) < 4.78 is 43.2. The fraction of sp³-hybridized carbons (Fsp3) is 0.188. The summed E-state index contributed by atoms with van der Waals surface area (Å²) in [6.45, 7) is -0.171. The summed E-state index contributed by atoms with van der Waals surface area (Å²) in [5.74, 6) is 0.961. The zero-order chi connectivity index (χ0) is 18.6. The van der Waals surface area contributed by atoms with E-state index in [2.05, 4.69) is 19.9 Å². The molecule has 3 aromatic rings. The Labute approximate surface area is 150 Å². The number of nitrogens with zero attached hydrogens (tertiary/aromatic N) is 3. The Morgan fingerprint density at radius 1 is 1.15 bits per heavy atom. The highest BCUT2D eigenvalue weighted by Gasteiger charge is 2.21. The summed E-state index contributed by atoms with van der Waals surface area (Å²) >= 11 is 0. The Hall–Kier alpha value is -2.98. The van der Waals surface area contributed by atoms with Crippen LogP contribution < -0.4 is 14.2 Å². The third-order valence-electron chi connectivity index (χ3n) is 3.45. The van der Waals surface area contributed by atoms with Gasteiger partial charge in [0.15, 0.2) is 0 Å². The van der Waals surface area contributed by atoms with Crippen molar-refractivity contribution in [1.82, 2.24) is 19.9 Å². The predicted molar refractivity (Wildman–Crippen MR) is 91.1 cm³/mol. The lowest BCUT2D eigenvalue weighted by Gasteiger charge is -2.11. The first kappa shape index (κ1) is 17.8. The molecule has 10 heteroatoms. The van der Waals surface area contributed by atoms with Crippen LogP contribution in [0.15, 0.2) is 52.0 Å². The van der Waals surface area contributed by atoms with Crippen LogP contribution in [0.2, 0.25) is 0 Å². The van der Waals surface area contributed by atoms with Crippen LogP contribution in [0, 0.1) is 0 Å². The van der Waals surface area contributed by atoms with E-state index in [0.717, 1.165) is 0 Å². The van der Waals surface area contributed by atoms with E-state index >= 15 is 0 Å². The van der Waals surface area contributed by atoms with Crippen LogP contribution in [0.5, 0.6) is 11.5 Å². The molecule has 0 saturated heterocycles. The quantitative estimate of drug-likeness (QED) is 0.661. The number of hydrogen-bond donors (Lipinski definition) is 1. The van der Waals surface area contributed by atoms with Gasteiger partial charge in [-0.15, -0.1) is 10.2 Å². The standard InChI is InChI=1S/C16H16N4O5S/c1-23-12-5-6-13(24-2)14(8-12)26(21,22)18-10-15-19-20-16(25-15)11-4-3-7-17-9-11/h3-9,18H,10H2,1-2H3. The second kappa shape index (κ2) is 7.50. The maximum atomic E-state index is 12.6. The number of benzene rings is 1. The van der Waals surface area contributed by atoms with Gasteiger partial charge in [-0.25, -0.2) is 13.1 Å². The normalized spacial score (nSPS) is 11.3. The number of methoxy groups -OCH3 is 2. The third kappa shape index (κ3) is 3.81. The van der Waals surface area contributed by atoms with Crippen molar-refractivity contribution in [3.8, 4) is 23.0 Å². The highest BCUT2D eigenvalue weighted by atomic mass is 32.2. The number of sulfonamides is 1. The van der Waals surface area contributed by atoms with E-state index < -0.39 is 10.0 Å². The Balaban J connectivity index is 1.78. The number of aromatic nitrogens is 3. The van der Waals surface area contributed by atoms with Gasteiger partial charge >= 0.3 is 0 Å². The first-order valence-corrected chi connectivity index (χ1v) is 8.96. The number of hydrogen-bond acceptors (Lipinski definition) is 8. The molecule has 2 aromatic heterocycles. The van der Waals surface area contributed by atoms with E-state index in [1.807, 2.05) is 0 Å². The van der Waals surface area contributed by atoms with Crippen molar-refractivity contribution in [1.29, 1.82) is 0 Å². The van der Waals surface area contributed by atoms with Gasteiger partial charge in [-0.2, -0.15) is 0 Å². The van der Waals surface area contributed by atoms with E-state index in [9.17, 15) is 8.42 Å². The molecule has 0 aliphatic rings. The van der Waals surface area contributed by atoms with Crippen molar-refractivity contribution in [2.75, 3.05) is 14.2 Å². The van der Waals surface area contributed by atoms with Crippen molar-refractivity contribution >= 4 is 10.0 Å². The molecular weight excluding hydrogens is 360 g/mol. The van der Waals surface area contributed by atoms with Gasteiger partial charge in [-0.3, -0.25) is 4.98 Å². The number of rotatable bonds is 7. The van der Waals surface area contributed by atoms with Gasteiger partial charge in [-0.05, 0) is 24.3 Å². The average Bonchev–Trinajstić information content (AvgIpc) is 3.16. The molecule has 136 valence electrons. The molecule has 26 heavy (non-hydrogen) atoms. The minimum absolute atomic E-state index is 0.0497. The smallest absolute Gasteiger partial charge is 0.249 e. The molecular formula is C16H16N4O5S. The van der Waals surface area contributed by atoms with Gasteiger partial charge in [-0.1, -0.05) is 0 Å². The van der Waals surface area contributed by atoms with Crippen LogP contribution in [0.25, 0.3) is 11.5 Å². The molecule has 2 heterocycles. The Kier molecular flexibility index (Phi) is 5.14. The van der Waals surface area contributed by atoms with Gasteiger partial charge in [0.1, 0.15) is 16.4 Å². The summed E-state index contributed by atoms with van der Waals surface area (Å²) in [7, 11) is -1.05. The molecule has 1 N–H and O–H groups in total. The molecule has 0 unspecified atom stereocenters. The van der Waals surface area contributed by atoms with E-state index in [0.29, 0.717) is 11.3 Å². The molecule has 0 spiro atoms. The van der Waals surface area contributed by atoms with E-state index in [-0.39, 0.29) is 29.0 Å².